The molecule has 7 rings (SSSR count). The fourth-order valence-electron chi connectivity index (χ4n) is 8.19. The van der Waals surface area contributed by atoms with Crippen LogP contribution in [0.1, 0.15) is 39.5 Å². The molecule has 3 aliphatic heterocycles. The van der Waals surface area contributed by atoms with Crippen molar-refractivity contribution >= 4 is 46.8 Å². The van der Waals surface area contributed by atoms with Crippen LogP contribution in [0.15, 0.2) is 48.9 Å². The number of imidazole rings is 1. The number of piperazine rings is 1. The number of halogens is 4. The number of carboxylic acids is 1. The van der Waals surface area contributed by atoms with Crippen LogP contribution in [0.25, 0.3) is 16.9 Å². The number of benzene rings is 1. The molecule has 3 aromatic heterocycles. The number of pyridine rings is 1. The van der Waals surface area contributed by atoms with Crippen molar-refractivity contribution in [3.63, 3.8) is 0 Å². The zero-order chi connectivity index (χ0) is 42.8. The van der Waals surface area contributed by atoms with Crippen molar-refractivity contribution in [2.45, 2.75) is 19.0 Å². The van der Waals surface area contributed by atoms with E-state index in [2.05, 4.69) is 31.0 Å². The molecule has 0 unspecified atom stereocenters. The highest BCUT2D eigenvalue weighted by atomic mass is 35.5. The van der Waals surface area contributed by atoms with Gasteiger partial charge in [0.1, 0.15) is 5.82 Å². The number of carbonyl (C=O) groups excluding carboxylic acids is 3. The van der Waals surface area contributed by atoms with Crippen molar-refractivity contribution in [2.75, 3.05) is 89.2 Å². The van der Waals surface area contributed by atoms with Crippen LogP contribution in [-0.2, 0) is 22.8 Å². The summed E-state index contributed by atoms with van der Waals surface area (Å²) in [4.78, 5) is 63.8. The Kier molecular flexibility index (Phi) is 12.5. The molecule has 6 N–H and O–H groups in total. The number of hydrogen-bond acceptors (Lipinski definition) is 10. The highest BCUT2D eigenvalue weighted by Gasteiger charge is 2.42. The number of likely N-dealkylation sites (tertiary alicyclic amines) is 1. The molecule has 320 valence electrons. The Morgan fingerprint density at radius 3 is 2.33 bits per heavy atom. The van der Waals surface area contributed by atoms with Crippen LogP contribution >= 0.6 is 11.6 Å². The predicted octanol–water partition coefficient (Wildman–Crippen LogP) is 2.78. The molecule has 3 amide bonds. The second kappa shape index (κ2) is 17.6. The molecule has 60 heavy (non-hydrogen) atoms. The number of alkyl halides is 3. The third kappa shape index (κ3) is 9.25. The van der Waals surface area contributed by atoms with E-state index in [1.54, 1.807) is 21.9 Å². The number of aromatic nitrogens is 5. The standard InChI is InChI=1S/C39H46ClF3N12O5/c1-51-31(29-21-54(50-34(29)39(41,42)43)27-3-5-32(47-19-27)46-9-8-44)20-48-35(51)36(58)49-26-2-4-28(30(40)16-26)38(60)53-12-10-52(11-13-53)37(59)25-6-14-55(15-7-25,23-33(56)57)22-24-17-45-18-24/h2-5,16,19-21,24-25,45H,6-15,17-18,22-23,44H2,1H3,(H2-,46,47,49,56,57,58,60)/p+1. The maximum absolute atomic E-state index is 14.2. The van der Waals surface area contributed by atoms with Crippen LogP contribution < -0.4 is 21.7 Å². The molecule has 0 radical (unpaired) electrons. The minimum absolute atomic E-state index is 0.0124. The third-order valence-corrected chi connectivity index (χ3v) is 11.8. The lowest BCUT2D eigenvalue weighted by Gasteiger charge is -2.46. The van der Waals surface area contributed by atoms with E-state index in [1.165, 1.54) is 42.2 Å². The average Bonchev–Trinajstić information content (AvgIpc) is 3.83. The zero-order valence-electron chi connectivity index (χ0n) is 32.9. The molecule has 0 saturated carbocycles. The number of quaternary nitrogens is 1. The molecule has 0 atom stereocenters. The first-order valence-corrected chi connectivity index (χ1v) is 20.1. The first kappa shape index (κ1) is 42.6. The molecule has 0 aliphatic carbocycles. The number of aliphatic carboxylic acids is 1. The van der Waals surface area contributed by atoms with Crippen molar-refractivity contribution in [1.82, 2.24) is 39.4 Å². The van der Waals surface area contributed by atoms with E-state index in [4.69, 9.17) is 17.3 Å². The van der Waals surface area contributed by atoms with E-state index in [0.717, 1.165) is 30.5 Å². The van der Waals surface area contributed by atoms with Crippen LogP contribution in [0.3, 0.4) is 0 Å². The lowest BCUT2D eigenvalue weighted by atomic mass is 9.90. The van der Waals surface area contributed by atoms with Crippen LogP contribution in [0.2, 0.25) is 5.02 Å². The first-order valence-electron chi connectivity index (χ1n) is 19.7. The second-order valence-electron chi connectivity index (χ2n) is 15.6. The molecule has 1 aromatic carbocycles. The van der Waals surface area contributed by atoms with Gasteiger partial charge >= 0.3 is 12.1 Å². The normalized spacial score (nSPS) is 19.8. The van der Waals surface area contributed by atoms with Gasteiger partial charge in [-0.25, -0.2) is 19.4 Å². The molecule has 21 heteroatoms. The van der Waals surface area contributed by atoms with Gasteiger partial charge in [-0.3, -0.25) is 14.4 Å². The van der Waals surface area contributed by atoms with E-state index in [9.17, 15) is 37.5 Å². The Labute approximate surface area is 348 Å². The summed E-state index contributed by atoms with van der Waals surface area (Å²) in [7, 11) is 1.41. The molecule has 3 aliphatic rings. The third-order valence-electron chi connectivity index (χ3n) is 11.5. The van der Waals surface area contributed by atoms with E-state index in [-0.39, 0.29) is 63.3 Å². The Bertz CT molecular complexity index is 2230. The summed E-state index contributed by atoms with van der Waals surface area (Å²) in [5.74, 6) is -1.29. The second-order valence-corrected chi connectivity index (χ2v) is 16.0. The number of nitrogens with one attached hydrogen (secondary N) is 3. The number of rotatable bonds is 13. The van der Waals surface area contributed by atoms with Crippen LogP contribution in [0, 0.1) is 11.8 Å². The van der Waals surface area contributed by atoms with E-state index < -0.39 is 23.7 Å². The molecular weight excluding hydrogens is 809 g/mol. The van der Waals surface area contributed by atoms with Crippen molar-refractivity contribution in [3.8, 4) is 16.9 Å². The SMILES string of the molecule is Cn1c(-c2cn(-c3ccc(NCCN)nc3)nc2C(F)(F)F)cnc1C(=O)Nc1ccc(C(=O)N2CCN(C(=O)C3CC[N+](CC(=O)O)(CC4CNC4)CC3)CC2)c(Cl)c1. The lowest BCUT2D eigenvalue weighted by Crippen LogP contribution is -2.62. The van der Waals surface area contributed by atoms with Gasteiger partial charge in [0.2, 0.25) is 5.91 Å². The van der Waals surface area contributed by atoms with Gasteiger partial charge in [0.15, 0.2) is 18.1 Å². The number of amides is 3. The van der Waals surface area contributed by atoms with Gasteiger partial charge in [0.25, 0.3) is 11.8 Å². The number of piperidine rings is 1. The maximum Gasteiger partial charge on any atom is 0.435 e. The summed E-state index contributed by atoms with van der Waals surface area (Å²) in [5, 5.41) is 22.3. The van der Waals surface area contributed by atoms with Crippen LogP contribution in [0.5, 0.6) is 0 Å². The minimum Gasteiger partial charge on any atom is -0.477 e. The van der Waals surface area contributed by atoms with Gasteiger partial charge in [0, 0.05) is 96.0 Å². The zero-order valence-corrected chi connectivity index (χ0v) is 33.7. The van der Waals surface area contributed by atoms with Crippen LogP contribution in [0.4, 0.5) is 24.7 Å². The fourth-order valence-corrected chi connectivity index (χ4v) is 8.45. The number of nitrogens with zero attached hydrogens (tertiary/aromatic N) is 8. The summed E-state index contributed by atoms with van der Waals surface area (Å²) < 4.78 is 45.4. The summed E-state index contributed by atoms with van der Waals surface area (Å²) in [6.45, 7) is 6.09. The van der Waals surface area contributed by atoms with Gasteiger partial charge < -0.3 is 45.6 Å². The molecule has 3 saturated heterocycles. The number of hydrogen-bond donors (Lipinski definition) is 5. The summed E-state index contributed by atoms with van der Waals surface area (Å²) in [6, 6.07) is 7.52. The number of anilines is 2. The van der Waals surface area contributed by atoms with Crippen molar-refractivity contribution < 1.29 is 41.9 Å². The van der Waals surface area contributed by atoms with Crippen molar-refractivity contribution in [1.29, 1.82) is 0 Å². The number of carboxylic acid groups (broad SMARTS) is 1. The molecule has 3 fully saturated rings. The highest BCUT2D eigenvalue weighted by molar-refractivity contribution is 6.34. The topological polar surface area (TPSA) is 206 Å². The smallest absolute Gasteiger partial charge is 0.435 e. The monoisotopic (exact) mass is 855 g/mol. The van der Waals surface area contributed by atoms with Gasteiger partial charge in [-0.2, -0.15) is 18.3 Å². The fraction of sp³-hybridized carbons (Fsp3) is 0.462. The van der Waals surface area contributed by atoms with Crippen LogP contribution in [-0.4, -0.2) is 146 Å². The highest BCUT2D eigenvalue weighted by Crippen LogP contribution is 2.37. The Morgan fingerprint density at radius 2 is 1.73 bits per heavy atom. The van der Waals surface area contributed by atoms with E-state index >= 15 is 0 Å². The Hall–Kier alpha value is -5.57. The maximum atomic E-state index is 14.2. The lowest BCUT2D eigenvalue weighted by molar-refractivity contribution is -0.929. The molecule has 0 bridgehead atoms. The molecule has 4 aromatic rings. The van der Waals surface area contributed by atoms with E-state index in [0.29, 0.717) is 81.4 Å². The van der Waals surface area contributed by atoms with Gasteiger partial charge in [-0.1, -0.05) is 11.6 Å². The molecular formula is C39H47ClF3N12O5+. The van der Waals surface area contributed by atoms with Crippen molar-refractivity contribution in [2.24, 2.45) is 24.6 Å². The number of nitrogens with two attached hydrogens (primary N) is 1. The minimum atomic E-state index is -4.83. The molecule has 17 nitrogen and oxygen atoms in total. The quantitative estimate of drug-likeness (QED) is 0.124. The molecule has 6 heterocycles. The largest absolute Gasteiger partial charge is 0.477 e. The first-order chi connectivity index (χ1) is 28.6. The Morgan fingerprint density at radius 1 is 1.02 bits per heavy atom. The van der Waals surface area contributed by atoms with Gasteiger partial charge in [0.05, 0.1) is 59.6 Å². The summed E-state index contributed by atoms with van der Waals surface area (Å²) in [5.41, 5.74) is 4.70. The summed E-state index contributed by atoms with van der Waals surface area (Å²) >= 11 is 6.56. The predicted molar refractivity (Wildman–Crippen MR) is 214 cm³/mol. The Balaban J connectivity index is 0.954. The van der Waals surface area contributed by atoms with Gasteiger partial charge in [-0.15, -0.1) is 0 Å². The van der Waals surface area contributed by atoms with E-state index in [1.807, 2.05) is 0 Å². The number of carbonyl (C=O) groups is 4. The van der Waals surface area contributed by atoms with Gasteiger partial charge in [-0.05, 0) is 30.3 Å². The van der Waals surface area contributed by atoms with Crippen molar-refractivity contribution in [3.05, 3.63) is 71.0 Å². The average molecular weight is 856 g/mol. The summed E-state index contributed by atoms with van der Waals surface area (Å²) in [6.07, 6.45) is 0.137. The molecule has 0 spiro atoms.